The van der Waals surface area contributed by atoms with E-state index in [1.807, 2.05) is 6.07 Å². The SMILES string of the molecule is O=C(Cc1ccccc1)Nc1onc(-c2cc(F)cc(C(F)(F)F)c2)c1-c1ccncc1. The van der Waals surface area contributed by atoms with Crippen molar-refractivity contribution in [2.45, 2.75) is 12.6 Å². The van der Waals surface area contributed by atoms with E-state index in [1.165, 1.54) is 12.4 Å². The molecule has 0 aliphatic heterocycles. The summed E-state index contributed by atoms with van der Waals surface area (Å²) in [5.41, 5.74) is 0.102. The third-order valence-electron chi connectivity index (χ3n) is 4.62. The summed E-state index contributed by atoms with van der Waals surface area (Å²) in [6.07, 6.45) is -1.77. The first kappa shape index (κ1) is 21.2. The van der Waals surface area contributed by atoms with E-state index in [0.29, 0.717) is 11.6 Å². The molecule has 0 saturated heterocycles. The Bertz CT molecular complexity index is 1240. The largest absolute Gasteiger partial charge is 0.416 e. The van der Waals surface area contributed by atoms with Crippen molar-refractivity contribution in [1.29, 1.82) is 0 Å². The van der Waals surface area contributed by atoms with Crippen LogP contribution < -0.4 is 5.32 Å². The van der Waals surface area contributed by atoms with E-state index in [0.717, 1.165) is 17.7 Å². The molecule has 9 heteroatoms. The van der Waals surface area contributed by atoms with Crippen LogP contribution in [0, 0.1) is 5.82 Å². The minimum absolute atomic E-state index is 0.0452. The van der Waals surface area contributed by atoms with E-state index in [2.05, 4.69) is 15.5 Å². The van der Waals surface area contributed by atoms with Crippen LogP contribution in [0.5, 0.6) is 0 Å². The summed E-state index contributed by atoms with van der Waals surface area (Å²) in [5.74, 6) is -1.55. The van der Waals surface area contributed by atoms with Gasteiger partial charge in [-0.1, -0.05) is 35.5 Å². The molecule has 5 nitrogen and oxygen atoms in total. The van der Waals surface area contributed by atoms with Crippen LogP contribution in [0.3, 0.4) is 0 Å². The summed E-state index contributed by atoms with van der Waals surface area (Å²) in [5, 5.41) is 6.45. The molecule has 2 aromatic heterocycles. The number of benzene rings is 2. The molecule has 1 amide bonds. The molecule has 0 unspecified atom stereocenters. The van der Waals surface area contributed by atoms with Gasteiger partial charge in [-0.15, -0.1) is 0 Å². The minimum atomic E-state index is -4.75. The Labute approximate surface area is 179 Å². The van der Waals surface area contributed by atoms with Crippen molar-refractivity contribution in [1.82, 2.24) is 10.1 Å². The monoisotopic (exact) mass is 441 g/mol. The minimum Gasteiger partial charge on any atom is -0.337 e. The van der Waals surface area contributed by atoms with E-state index in [4.69, 9.17) is 4.52 Å². The number of carbonyl (C=O) groups is 1. The summed E-state index contributed by atoms with van der Waals surface area (Å²) in [7, 11) is 0. The van der Waals surface area contributed by atoms with Crippen molar-refractivity contribution < 1.29 is 26.9 Å². The van der Waals surface area contributed by atoms with Crippen LogP contribution in [-0.2, 0) is 17.4 Å². The quantitative estimate of drug-likeness (QED) is 0.401. The Morgan fingerprint density at radius 1 is 0.969 bits per heavy atom. The van der Waals surface area contributed by atoms with Crippen LogP contribution in [-0.4, -0.2) is 16.0 Å². The third kappa shape index (κ3) is 4.66. The van der Waals surface area contributed by atoms with Gasteiger partial charge in [0.2, 0.25) is 11.8 Å². The van der Waals surface area contributed by atoms with Crippen molar-refractivity contribution in [3.63, 3.8) is 0 Å². The van der Waals surface area contributed by atoms with Crippen LogP contribution in [0.2, 0.25) is 0 Å². The first-order valence-electron chi connectivity index (χ1n) is 9.43. The molecule has 162 valence electrons. The number of nitrogens with one attached hydrogen (secondary N) is 1. The highest BCUT2D eigenvalue weighted by molar-refractivity contribution is 5.97. The fraction of sp³-hybridized carbons (Fsp3) is 0.0870. The Morgan fingerprint density at radius 2 is 1.69 bits per heavy atom. The van der Waals surface area contributed by atoms with E-state index < -0.39 is 23.5 Å². The second kappa shape index (κ2) is 8.62. The molecule has 0 atom stereocenters. The number of hydrogen-bond donors (Lipinski definition) is 1. The van der Waals surface area contributed by atoms with Gasteiger partial charge in [0.1, 0.15) is 11.5 Å². The number of anilines is 1. The lowest BCUT2D eigenvalue weighted by Gasteiger charge is -2.10. The molecule has 4 rings (SSSR count). The van der Waals surface area contributed by atoms with Gasteiger partial charge in [-0.2, -0.15) is 13.2 Å². The predicted molar refractivity (Wildman–Crippen MR) is 109 cm³/mol. The Morgan fingerprint density at radius 3 is 2.38 bits per heavy atom. The van der Waals surface area contributed by atoms with Crippen molar-refractivity contribution in [2.24, 2.45) is 0 Å². The molecule has 0 spiro atoms. The maximum absolute atomic E-state index is 14.0. The van der Waals surface area contributed by atoms with Gasteiger partial charge in [0.05, 0.1) is 17.5 Å². The zero-order valence-electron chi connectivity index (χ0n) is 16.4. The average Bonchev–Trinajstić information content (AvgIpc) is 3.17. The van der Waals surface area contributed by atoms with Gasteiger partial charge < -0.3 is 4.52 Å². The number of hydrogen-bond acceptors (Lipinski definition) is 4. The highest BCUT2D eigenvalue weighted by Crippen LogP contribution is 2.40. The molecule has 0 aliphatic carbocycles. The molecular weight excluding hydrogens is 426 g/mol. The maximum atomic E-state index is 14.0. The van der Waals surface area contributed by atoms with E-state index in [1.54, 1.807) is 36.4 Å². The van der Waals surface area contributed by atoms with E-state index >= 15 is 0 Å². The van der Waals surface area contributed by atoms with E-state index in [9.17, 15) is 22.4 Å². The Balaban J connectivity index is 1.76. The molecule has 0 aliphatic rings. The Kier molecular flexibility index (Phi) is 5.72. The van der Waals surface area contributed by atoms with Gasteiger partial charge in [0.25, 0.3) is 0 Å². The number of amides is 1. The molecule has 32 heavy (non-hydrogen) atoms. The van der Waals surface area contributed by atoms with Crippen molar-refractivity contribution in [3.8, 4) is 22.4 Å². The second-order valence-corrected chi connectivity index (χ2v) is 6.91. The highest BCUT2D eigenvalue weighted by Gasteiger charge is 2.32. The molecule has 0 saturated carbocycles. The topological polar surface area (TPSA) is 68.0 Å². The molecule has 2 heterocycles. The van der Waals surface area contributed by atoms with Crippen molar-refractivity contribution in [2.75, 3.05) is 5.32 Å². The summed E-state index contributed by atoms with van der Waals surface area (Å²) >= 11 is 0. The molecule has 0 bridgehead atoms. The van der Waals surface area contributed by atoms with Gasteiger partial charge in [-0.05, 0) is 41.5 Å². The maximum Gasteiger partial charge on any atom is 0.416 e. The van der Waals surface area contributed by atoms with E-state index in [-0.39, 0.29) is 29.1 Å². The summed E-state index contributed by atoms with van der Waals surface area (Å²) < 4.78 is 58.9. The van der Waals surface area contributed by atoms with Gasteiger partial charge in [0, 0.05) is 18.0 Å². The van der Waals surface area contributed by atoms with Crippen LogP contribution in [0.15, 0.2) is 77.6 Å². The average molecular weight is 441 g/mol. The number of pyridine rings is 1. The van der Waals surface area contributed by atoms with Crippen LogP contribution in [0.25, 0.3) is 22.4 Å². The van der Waals surface area contributed by atoms with Gasteiger partial charge >= 0.3 is 6.18 Å². The second-order valence-electron chi connectivity index (χ2n) is 6.91. The molecule has 1 N–H and O–H groups in total. The standard InChI is InChI=1S/C23H15F4N3O2/c24-18-12-16(11-17(13-18)23(25,26)27)21-20(15-6-8-28-9-7-15)22(32-30-21)29-19(31)10-14-4-2-1-3-5-14/h1-9,11-13H,10H2,(H,29,31). The normalized spacial score (nSPS) is 11.4. The fourth-order valence-corrected chi connectivity index (χ4v) is 3.20. The highest BCUT2D eigenvalue weighted by atomic mass is 19.4. The zero-order chi connectivity index (χ0) is 22.7. The fourth-order valence-electron chi connectivity index (χ4n) is 3.20. The number of rotatable bonds is 5. The summed E-state index contributed by atoms with van der Waals surface area (Å²) in [6.45, 7) is 0. The van der Waals surface area contributed by atoms with Crippen LogP contribution in [0.4, 0.5) is 23.4 Å². The molecule has 4 aromatic rings. The molecular formula is C23H15F4N3O2. The lowest BCUT2D eigenvalue weighted by Crippen LogP contribution is -2.14. The predicted octanol–water partition coefficient (Wildman–Crippen LogP) is 5.74. The van der Waals surface area contributed by atoms with Crippen molar-refractivity contribution in [3.05, 3.63) is 90.0 Å². The van der Waals surface area contributed by atoms with Gasteiger partial charge in [0.15, 0.2) is 0 Å². The molecule has 0 radical (unpaired) electrons. The number of aromatic nitrogens is 2. The number of halogens is 4. The smallest absolute Gasteiger partial charge is 0.337 e. The molecule has 0 fully saturated rings. The first-order chi connectivity index (χ1) is 15.3. The number of alkyl halides is 3. The van der Waals surface area contributed by atoms with Crippen LogP contribution >= 0.6 is 0 Å². The summed E-state index contributed by atoms with van der Waals surface area (Å²) in [6, 6.07) is 14.2. The van der Waals surface area contributed by atoms with Crippen molar-refractivity contribution >= 4 is 11.8 Å². The van der Waals surface area contributed by atoms with Crippen LogP contribution in [0.1, 0.15) is 11.1 Å². The summed E-state index contributed by atoms with van der Waals surface area (Å²) in [4.78, 5) is 16.4. The third-order valence-corrected chi connectivity index (χ3v) is 4.62. The first-order valence-corrected chi connectivity index (χ1v) is 9.43. The van der Waals surface area contributed by atoms with Gasteiger partial charge in [-0.3, -0.25) is 15.1 Å². The lowest BCUT2D eigenvalue weighted by molar-refractivity contribution is -0.137. The Hall–Kier alpha value is -4.01. The zero-order valence-corrected chi connectivity index (χ0v) is 16.4. The molecule has 2 aromatic carbocycles. The van der Waals surface area contributed by atoms with Gasteiger partial charge in [-0.25, -0.2) is 4.39 Å². The number of carbonyl (C=O) groups excluding carboxylic acids is 1. The lowest BCUT2D eigenvalue weighted by atomic mass is 10.00. The number of nitrogens with zero attached hydrogens (tertiary/aromatic N) is 2.